The van der Waals surface area contributed by atoms with Crippen LogP contribution in [-0.4, -0.2) is 23.3 Å². The van der Waals surface area contributed by atoms with E-state index in [2.05, 4.69) is 0 Å². The summed E-state index contributed by atoms with van der Waals surface area (Å²) in [5.41, 5.74) is 1.75. The zero-order valence-electron chi connectivity index (χ0n) is 11.6. The van der Waals surface area contributed by atoms with Gasteiger partial charge in [0.25, 0.3) is 0 Å². The first kappa shape index (κ1) is 14.7. The maximum absolute atomic E-state index is 11.3. The first-order chi connectivity index (χ1) is 8.29. The van der Waals surface area contributed by atoms with Crippen LogP contribution in [0, 0.1) is 6.92 Å². The Kier molecular flexibility index (Phi) is 4.91. The number of ether oxygens (including phenoxy) is 1. The predicted molar refractivity (Wildman–Crippen MR) is 71.9 cm³/mol. The van der Waals surface area contributed by atoms with Crippen LogP contribution < -0.4 is 0 Å². The second-order valence-corrected chi connectivity index (χ2v) is 5.55. The molecule has 0 aliphatic rings. The Morgan fingerprint density at radius 3 is 2.28 bits per heavy atom. The minimum absolute atomic E-state index is 0.226. The van der Waals surface area contributed by atoms with Crippen LogP contribution in [0.15, 0.2) is 24.3 Å². The number of benzene rings is 1. The standard InChI is InChI=1S/C15H22O3/c1-11-5-7-12(8-6-11)13(14(16)17)9-10-18-15(2,3)4/h5-8,13H,9-10H2,1-4H3,(H,16,17). The summed E-state index contributed by atoms with van der Waals surface area (Å²) in [6, 6.07) is 7.64. The van der Waals surface area contributed by atoms with E-state index in [-0.39, 0.29) is 5.60 Å². The number of aliphatic carboxylic acids is 1. The molecule has 100 valence electrons. The van der Waals surface area contributed by atoms with Crippen molar-refractivity contribution in [3.63, 3.8) is 0 Å². The Hall–Kier alpha value is -1.35. The molecule has 1 atom stereocenters. The smallest absolute Gasteiger partial charge is 0.311 e. The normalized spacial score (nSPS) is 13.3. The lowest BCUT2D eigenvalue weighted by atomic mass is 9.95. The molecule has 0 aliphatic carbocycles. The number of carboxylic acids is 1. The summed E-state index contributed by atoms with van der Waals surface area (Å²) in [5.74, 6) is -1.29. The van der Waals surface area contributed by atoms with E-state index in [0.29, 0.717) is 13.0 Å². The molecule has 1 rings (SSSR count). The fourth-order valence-corrected chi connectivity index (χ4v) is 1.71. The predicted octanol–water partition coefficient (Wildman–Crippen LogP) is 3.37. The Labute approximate surface area is 109 Å². The van der Waals surface area contributed by atoms with E-state index < -0.39 is 11.9 Å². The SMILES string of the molecule is Cc1ccc(C(CCOC(C)(C)C)C(=O)O)cc1. The highest BCUT2D eigenvalue weighted by Crippen LogP contribution is 2.21. The van der Waals surface area contributed by atoms with Gasteiger partial charge in [0.2, 0.25) is 0 Å². The minimum Gasteiger partial charge on any atom is -0.481 e. The Bertz CT molecular complexity index is 387. The summed E-state index contributed by atoms with van der Waals surface area (Å²) >= 11 is 0. The molecule has 0 aliphatic heterocycles. The molecule has 1 aromatic carbocycles. The molecule has 1 aromatic rings. The van der Waals surface area contributed by atoms with E-state index >= 15 is 0 Å². The number of carbonyl (C=O) groups is 1. The van der Waals surface area contributed by atoms with Gasteiger partial charge in [-0.2, -0.15) is 0 Å². The second-order valence-electron chi connectivity index (χ2n) is 5.55. The topological polar surface area (TPSA) is 46.5 Å². The van der Waals surface area contributed by atoms with Gasteiger partial charge in [-0.3, -0.25) is 4.79 Å². The summed E-state index contributed by atoms with van der Waals surface area (Å²) in [5, 5.41) is 9.27. The summed E-state index contributed by atoms with van der Waals surface area (Å²) < 4.78 is 5.59. The first-order valence-corrected chi connectivity index (χ1v) is 6.23. The van der Waals surface area contributed by atoms with Crippen LogP contribution in [0.4, 0.5) is 0 Å². The zero-order valence-corrected chi connectivity index (χ0v) is 11.6. The molecular weight excluding hydrogens is 228 g/mol. The summed E-state index contributed by atoms with van der Waals surface area (Å²) in [6.45, 7) is 8.34. The van der Waals surface area contributed by atoms with Crippen molar-refractivity contribution >= 4 is 5.97 Å². The molecule has 0 bridgehead atoms. The minimum atomic E-state index is -0.795. The number of carboxylic acid groups (broad SMARTS) is 1. The van der Waals surface area contributed by atoms with E-state index in [0.717, 1.165) is 11.1 Å². The molecule has 0 saturated heterocycles. The molecular formula is C15H22O3. The monoisotopic (exact) mass is 250 g/mol. The van der Waals surface area contributed by atoms with Crippen molar-refractivity contribution < 1.29 is 14.6 Å². The number of hydrogen-bond donors (Lipinski definition) is 1. The molecule has 3 nitrogen and oxygen atoms in total. The Balaban J connectivity index is 2.66. The molecule has 18 heavy (non-hydrogen) atoms. The third kappa shape index (κ3) is 4.88. The van der Waals surface area contributed by atoms with Crippen molar-refractivity contribution in [1.82, 2.24) is 0 Å². The average Bonchev–Trinajstić information content (AvgIpc) is 2.24. The van der Waals surface area contributed by atoms with Crippen LogP contribution in [0.1, 0.15) is 44.2 Å². The lowest BCUT2D eigenvalue weighted by Gasteiger charge is -2.21. The van der Waals surface area contributed by atoms with Crippen LogP contribution in [0.2, 0.25) is 0 Å². The van der Waals surface area contributed by atoms with E-state index in [1.54, 1.807) is 0 Å². The third-order valence-electron chi connectivity index (χ3n) is 2.72. The molecule has 0 aromatic heterocycles. The zero-order chi connectivity index (χ0) is 13.8. The lowest BCUT2D eigenvalue weighted by Crippen LogP contribution is -2.22. The second kappa shape index (κ2) is 6.01. The van der Waals surface area contributed by atoms with E-state index in [1.165, 1.54) is 0 Å². The van der Waals surface area contributed by atoms with Gasteiger partial charge in [0.05, 0.1) is 11.5 Å². The largest absolute Gasteiger partial charge is 0.481 e. The van der Waals surface area contributed by atoms with Gasteiger partial charge in [0, 0.05) is 6.61 Å². The van der Waals surface area contributed by atoms with Crippen LogP contribution in [-0.2, 0) is 9.53 Å². The van der Waals surface area contributed by atoms with Crippen molar-refractivity contribution in [2.24, 2.45) is 0 Å². The number of rotatable bonds is 5. The highest BCUT2D eigenvalue weighted by atomic mass is 16.5. The quantitative estimate of drug-likeness (QED) is 0.871. The molecule has 0 fully saturated rings. The van der Waals surface area contributed by atoms with Gasteiger partial charge in [-0.05, 0) is 39.7 Å². The Morgan fingerprint density at radius 2 is 1.83 bits per heavy atom. The molecule has 0 spiro atoms. The van der Waals surface area contributed by atoms with Gasteiger partial charge in [0.15, 0.2) is 0 Å². The molecule has 0 amide bonds. The van der Waals surface area contributed by atoms with Crippen molar-refractivity contribution in [3.8, 4) is 0 Å². The molecule has 3 heteroatoms. The van der Waals surface area contributed by atoms with Crippen molar-refractivity contribution in [2.75, 3.05) is 6.61 Å². The van der Waals surface area contributed by atoms with Crippen molar-refractivity contribution in [2.45, 2.75) is 45.6 Å². The maximum atomic E-state index is 11.3. The van der Waals surface area contributed by atoms with Gasteiger partial charge in [-0.25, -0.2) is 0 Å². The van der Waals surface area contributed by atoms with E-state index in [4.69, 9.17) is 4.74 Å². The van der Waals surface area contributed by atoms with Crippen molar-refractivity contribution in [1.29, 1.82) is 0 Å². The lowest BCUT2D eigenvalue weighted by molar-refractivity contribution is -0.139. The van der Waals surface area contributed by atoms with Gasteiger partial charge < -0.3 is 9.84 Å². The summed E-state index contributed by atoms with van der Waals surface area (Å²) in [4.78, 5) is 11.3. The Morgan fingerprint density at radius 1 is 1.28 bits per heavy atom. The van der Waals surface area contributed by atoms with E-state index in [1.807, 2.05) is 52.0 Å². The highest BCUT2D eigenvalue weighted by Gasteiger charge is 2.20. The number of hydrogen-bond acceptors (Lipinski definition) is 2. The molecule has 1 N–H and O–H groups in total. The molecule has 1 unspecified atom stereocenters. The van der Waals surface area contributed by atoms with Gasteiger partial charge in [0.1, 0.15) is 0 Å². The van der Waals surface area contributed by atoms with Gasteiger partial charge in [-0.1, -0.05) is 29.8 Å². The maximum Gasteiger partial charge on any atom is 0.311 e. The van der Waals surface area contributed by atoms with Crippen LogP contribution in [0.5, 0.6) is 0 Å². The number of aryl methyl sites for hydroxylation is 1. The molecule has 0 radical (unpaired) electrons. The van der Waals surface area contributed by atoms with Crippen LogP contribution in [0.3, 0.4) is 0 Å². The van der Waals surface area contributed by atoms with Gasteiger partial charge >= 0.3 is 5.97 Å². The molecule has 0 heterocycles. The third-order valence-corrected chi connectivity index (χ3v) is 2.72. The summed E-state index contributed by atoms with van der Waals surface area (Å²) in [6.07, 6.45) is 0.496. The highest BCUT2D eigenvalue weighted by molar-refractivity contribution is 5.76. The van der Waals surface area contributed by atoms with Crippen molar-refractivity contribution in [3.05, 3.63) is 35.4 Å². The molecule has 0 saturated carbocycles. The van der Waals surface area contributed by atoms with Gasteiger partial charge in [-0.15, -0.1) is 0 Å². The average molecular weight is 250 g/mol. The van der Waals surface area contributed by atoms with Crippen LogP contribution in [0.25, 0.3) is 0 Å². The first-order valence-electron chi connectivity index (χ1n) is 6.23. The van der Waals surface area contributed by atoms with Crippen LogP contribution >= 0.6 is 0 Å². The fourth-order valence-electron chi connectivity index (χ4n) is 1.71. The fraction of sp³-hybridized carbons (Fsp3) is 0.533. The van der Waals surface area contributed by atoms with E-state index in [9.17, 15) is 9.90 Å². The summed E-state index contributed by atoms with van der Waals surface area (Å²) in [7, 11) is 0.